The summed E-state index contributed by atoms with van der Waals surface area (Å²) >= 11 is 0. The van der Waals surface area contributed by atoms with Crippen LogP contribution in [0.25, 0.3) is 0 Å². The molecule has 0 heterocycles. The van der Waals surface area contributed by atoms with E-state index in [2.05, 4.69) is 10.6 Å². The second-order valence-electron chi connectivity index (χ2n) is 5.99. The molecule has 142 valence electrons. The molecule has 0 aliphatic rings. The average molecular weight is 370 g/mol. The van der Waals surface area contributed by atoms with E-state index in [4.69, 9.17) is 9.47 Å². The normalized spacial score (nSPS) is 11.2. The van der Waals surface area contributed by atoms with E-state index in [0.29, 0.717) is 17.1 Å². The largest absolute Gasteiger partial charge is 0.479 e. The highest BCUT2D eigenvalue weighted by Crippen LogP contribution is 2.15. The lowest BCUT2D eigenvalue weighted by molar-refractivity contribution is -0.153. The van der Waals surface area contributed by atoms with Crippen LogP contribution in [0.2, 0.25) is 0 Å². The van der Waals surface area contributed by atoms with Crippen molar-refractivity contribution in [1.29, 1.82) is 0 Å². The Hall–Kier alpha value is -3.35. The van der Waals surface area contributed by atoms with Gasteiger partial charge in [-0.2, -0.15) is 0 Å². The zero-order valence-electron chi connectivity index (χ0n) is 15.4. The maximum Gasteiger partial charge on any atom is 0.347 e. The Balaban J connectivity index is 1.78. The predicted molar refractivity (Wildman–Crippen MR) is 102 cm³/mol. The van der Waals surface area contributed by atoms with Gasteiger partial charge in [0.1, 0.15) is 5.75 Å². The first-order valence-corrected chi connectivity index (χ1v) is 8.41. The summed E-state index contributed by atoms with van der Waals surface area (Å²) in [6, 6.07) is 13.9. The second-order valence-corrected chi connectivity index (χ2v) is 5.99. The average Bonchev–Trinajstić information content (AvgIpc) is 2.61. The van der Waals surface area contributed by atoms with E-state index < -0.39 is 24.6 Å². The second kappa shape index (κ2) is 9.38. The minimum Gasteiger partial charge on any atom is -0.479 e. The minimum atomic E-state index is -0.837. The molecule has 0 saturated heterocycles. The molecule has 0 bridgehead atoms. The Bertz CT molecular complexity index is 817. The molecule has 2 aromatic carbocycles. The lowest BCUT2D eigenvalue weighted by atomic mass is 10.2. The van der Waals surface area contributed by atoms with Crippen molar-refractivity contribution in [1.82, 2.24) is 0 Å². The van der Waals surface area contributed by atoms with Gasteiger partial charge in [0.15, 0.2) is 12.7 Å². The maximum atomic E-state index is 12.0. The third-order valence-electron chi connectivity index (χ3n) is 3.47. The molecule has 7 nitrogen and oxygen atoms in total. The first-order valence-electron chi connectivity index (χ1n) is 8.41. The molecular formula is C20H22N2O5. The van der Waals surface area contributed by atoms with Crippen molar-refractivity contribution in [3.63, 3.8) is 0 Å². The van der Waals surface area contributed by atoms with Crippen molar-refractivity contribution >= 4 is 29.2 Å². The quantitative estimate of drug-likeness (QED) is 0.731. The van der Waals surface area contributed by atoms with Crippen LogP contribution in [0.3, 0.4) is 0 Å². The number of benzene rings is 2. The van der Waals surface area contributed by atoms with E-state index in [-0.39, 0.29) is 5.91 Å². The Morgan fingerprint density at radius 1 is 1.00 bits per heavy atom. The van der Waals surface area contributed by atoms with E-state index >= 15 is 0 Å². The molecule has 0 radical (unpaired) electrons. The number of rotatable bonds is 7. The van der Waals surface area contributed by atoms with Crippen LogP contribution in [0.4, 0.5) is 11.4 Å². The molecule has 2 amide bonds. The number of nitrogens with one attached hydrogen (secondary N) is 2. The Morgan fingerprint density at radius 3 is 2.22 bits per heavy atom. The molecule has 0 aromatic heterocycles. The van der Waals surface area contributed by atoms with Crippen molar-refractivity contribution in [2.24, 2.45) is 0 Å². The number of anilines is 2. The molecule has 2 rings (SSSR count). The third kappa shape index (κ3) is 6.81. The van der Waals surface area contributed by atoms with Crippen molar-refractivity contribution in [2.45, 2.75) is 26.9 Å². The smallest absolute Gasteiger partial charge is 0.347 e. The van der Waals surface area contributed by atoms with Gasteiger partial charge < -0.3 is 20.1 Å². The fourth-order valence-electron chi connectivity index (χ4n) is 2.23. The van der Waals surface area contributed by atoms with Gasteiger partial charge in [-0.25, -0.2) is 4.79 Å². The lowest BCUT2D eigenvalue weighted by Crippen LogP contribution is -2.29. The topological polar surface area (TPSA) is 93.7 Å². The molecule has 2 N–H and O–H groups in total. The summed E-state index contributed by atoms with van der Waals surface area (Å²) in [4.78, 5) is 34.8. The van der Waals surface area contributed by atoms with Gasteiger partial charge in [-0.1, -0.05) is 12.1 Å². The zero-order valence-corrected chi connectivity index (χ0v) is 15.4. The van der Waals surface area contributed by atoms with E-state index in [1.807, 2.05) is 19.1 Å². The van der Waals surface area contributed by atoms with Crippen LogP contribution in [-0.4, -0.2) is 30.5 Å². The van der Waals surface area contributed by atoms with Crippen LogP contribution in [0.5, 0.6) is 5.75 Å². The van der Waals surface area contributed by atoms with Crippen molar-refractivity contribution in [2.75, 3.05) is 17.2 Å². The third-order valence-corrected chi connectivity index (χ3v) is 3.47. The molecule has 2 aromatic rings. The van der Waals surface area contributed by atoms with Gasteiger partial charge in [0.25, 0.3) is 5.91 Å². The summed E-state index contributed by atoms with van der Waals surface area (Å²) in [7, 11) is 0. The Labute approximate surface area is 157 Å². The fraction of sp³-hybridized carbons (Fsp3) is 0.250. The number of hydrogen-bond donors (Lipinski definition) is 2. The number of carbonyl (C=O) groups is 3. The molecule has 0 saturated carbocycles. The Kier molecular flexibility index (Phi) is 6.93. The van der Waals surface area contributed by atoms with Crippen LogP contribution in [0.1, 0.15) is 19.4 Å². The molecule has 0 unspecified atom stereocenters. The summed E-state index contributed by atoms with van der Waals surface area (Å²) in [5, 5.41) is 5.23. The monoisotopic (exact) mass is 370 g/mol. The van der Waals surface area contributed by atoms with Crippen LogP contribution >= 0.6 is 0 Å². The predicted octanol–water partition coefficient (Wildman–Crippen LogP) is 2.90. The number of hydrogen-bond acceptors (Lipinski definition) is 5. The van der Waals surface area contributed by atoms with Crippen LogP contribution in [0.15, 0.2) is 48.5 Å². The van der Waals surface area contributed by atoms with E-state index in [1.54, 1.807) is 43.3 Å². The van der Waals surface area contributed by atoms with E-state index in [0.717, 1.165) is 5.56 Å². The van der Waals surface area contributed by atoms with Gasteiger partial charge in [-0.3, -0.25) is 9.59 Å². The summed E-state index contributed by atoms with van der Waals surface area (Å²) in [5.41, 5.74) is 2.15. The van der Waals surface area contributed by atoms with Crippen molar-refractivity contribution < 1.29 is 23.9 Å². The number of ether oxygens (including phenoxy) is 2. The van der Waals surface area contributed by atoms with Crippen molar-refractivity contribution in [3.8, 4) is 5.75 Å². The molecule has 0 spiro atoms. The molecule has 0 aliphatic carbocycles. The van der Waals surface area contributed by atoms with Gasteiger partial charge in [-0.15, -0.1) is 0 Å². The molecular weight excluding hydrogens is 348 g/mol. The Morgan fingerprint density at radius 2 is 1.63 bits per heavy atom. The van der Waals surface area contributed by atoms with Gasteiger partial charge in [0.2, 0.25) is 5.91 Å². The minimum absolute atomic E-state index is 0.180. The van der Waals surface area contributed by atoms with Gasteiger partial charge in [0.05, 0.1) is 0 Å². The number of amides is 2. The van der Waals surface area contributed by atoms with E-state index in [1.165, 1.54) is 6.92 Å². The highest BCUT2D eigenvalue weighted by atomic mass is 16.6. The van der Waals surface area contributed by atoms with Crippen LogP contribution in [-0.2, 0) is 19.1 Å². The fourth-order valence-corrected chi connectivity index (χ4v) is 2.23. The molecule has 27 heavy (non-hydrogen) atoms. The molecule has 0 fully saturated rings. The highest BCUT2D eigenvalue weighted by molar-refractivity contribution is 5.94. The molecule has 0 aliphatic heterocycles. The number of esters is 1. The molecule has 1 atom stereocenters. The number of aryl methyl sites for hydroxylation is 1. The summed E-state index contributed by atoms with van der Waals surface area (Å²) in [6.45, 7) is 4.47. The maximum absolute atomic E-state index is 12.0. The zero-order chi connectivity index (χ0) is 19.8. The number of carbonyl (C=O) groups excluding carboxylic acids is 3. The van der Waals surface area contributed by atoms with Gasteiger partial charge >= 0.3 is 5.97 Å². The van der Waals surface area contributed by atoms with Gasteiger partial charge in [-0.05, 0) is 55.8 Å². The SMILES string of the molecule is CC(=O)Nc1ccc(NC(=O)COC(=O)[C@H](C)Oc2cccc(C)c2)cc1. The van der Waals surface area contributed by atoms with Crippen molar-refractivity contribution in [3.05, 3.63) is 54.1 Å². The van der Waals surface area contributed by atoms with Crippen LogP contribution < -0.4 is 15.4 Å². The first-order chi connectivity index (χ1) is 12.8. The molecule has 7 heteroatoms. The summed E-state index contributed by atoms with van der Waals surface area (Å²) in [5.74, 6) is -0.727. The van der Waals surface area contributed by atoms with Gasteiger partial charge in [0, 0.05) is 18.3 Å². The van der Waals surface area contributed by atoms with E-state index in [9.17, 15) is 14.4 Å². The summed E-state index contributed by atoms with van der Waals surface area (Å²) < 4.78 is 10.5. The highest BCUT2D eigenvalue weighted by Gasteiger charge is 2.18. The first kappa shape index (κ1) is 20.0. The summed E-state index contributed by atoms with van der Waals surface area (Å²) in [6.07, 6.45) is -0.837. The standard InChI is InChI=1S/C20H22N2O5/c1-13-5-4-6-18(11-13)27-14(2)20(25)26-12-19(24)22-17-9-7-16(8-10-17)21-15(3)23/h4-11,14H,12H2,1-3H3,(H,21,23)(H,22,24)/t14-/m0/s1. The lowest BCUT2D eigenvalue weighted by Gasteiger charge is -2.14. The van der Waals surface area contributed by atoms with Crippen LogP contribution in [0, 0.1) is 6.92 Å².